The van der Waals surface area contributed by atoms with Gasteiger partial charge in [0.25, 0.3) is 0 Å². The van der Waals surface area contributed by atoms with E-state index in [-0.39, 0.29) is 48.3 Å². The first-order valence-electron chi connectivity index (χ1n) is 12.1. The van der Waals surface area contributed by atoms with Gasteiger partial charge in [-0.15, -0.1) is 0 Å². The van der Waals surface area contributed by atoms with E-state index in [2.05, 4.69) is 6.08 Å². The Bertz CT molecular complexity index is 1030. The molecule has 2 bridgehead atoms. The van der Waals surface area contributed by atoms with E-state index < -0.39 is 12.1 Å². The Kier molecular flexibility index (Phi) is 8.16. The van der Waals surface area contributed by atoms with E-state index in [0.29, 0.717) is 6.61 Å². The van der Waals surface area contributed by atoms with Crippen LogP contribution in [0.5, 0.6) is 0 Å². The Morgan fingerprint density at radius 3 is 2.66 bits per heavy atom. The Hall–Kier alpha value is -2.80. The molecular weight excluding hydrogens is 447 g/mol. The van der Waals surface area contributed by atoms with Crippen LogP contribution in [-0.4, -0.2) is 48.2 Å². The van der Waals surface area contributed by atoms with Crippen LogP contribution < -0.4 is 0 Å². The number of aliphatic hydroxyl groups excluding tert-OH is 1. The number of halogens is 1. The number of rotatable bonds is 11. The second-order valence-electron chi connectivity index (χ2n) is 9.59. The number of carboxylic acids is 1. The normalized spacial score (nSPS) is 27.6. The molecule has 186 valence electrons. The first-order valence-corrected chi connectivity index (χ1v) is 12.1. The second-order valence-corrected chi connectivity index (χ2v) is 9.59. The van der Waals surface area contributed by atoms with Crippen LogP contribution >= 0.6 is 0 Å². The molecular formula is C29H33FO5. The predicted octanol–water partition coefficient (Wildman–Crippen LogP) is 4.87. The summed E-state index contributed by atoms with van der Waals surface area (Å²) in [6.07, 6.45) is 8.84. The van der Waals surface area contributed by atoms with Crippen LogP contribution in [0.15, 0.2) is 78.9 Å². The van der Waals surface area contributed by atoms with Crippen molar-refractivity contribution in [2.75, 3.05) is 19.8 Å². The van der Waals surface area contributed by atoms with Gasteiger partial charge in [0.05, 0.1) is 25.4 Å². The minimum Gasteiger partial charge on any atom is -0.480 e. The lowest BCUT2D eigenvalue weighted by Crippen LogP contribution is -2.39. The van der Waals surface area contributed by atoms with Crippen LogP contribution in [0.1, 0.15) is 36.8 Å². The standard InChI is InChI=1S/C29H33FO5/c1-20(21-7-3-2-4-8-21)26(31)15-14-24-25(9-5-6-16-34-18-28(32)33)29(17-27(24)35-19-29)22-10-12-23(30)13-11-22/h2-8,10-15,20,24-27,31H,9,16-19H2,1H3,(H,32,33)/b6-5-,15-14+/t20?,24-,25-,26+,27-,29-/m0/s1. The average Bonchev–Trinajstić information content (AvgIpc) is 3.43. The molecule has 2 N–H and O–H groups in total. The molecule has 0 amide bonds. The highest BCUT2D eigenvalue weighted by Gasteiger charge is 2.58. The van der Waals surface area contributed by atoms with Crippen molar-refractivity contribution in [1.29, 1.82) is 0 Å². The number of aliphatic carboxylic acids is 1. The van der Waals surface area contributed by atoms with Crippen molar-refractivity contribution in [1.82, 2.24) is 0 Å². The van der Waals surface area contributed by atoms with E-state index in [1.54, 1.807) is 0 Å². The molecule has 0 aromatic heterocycles. The number of aliphatic hydroxyl groups is 1. The van der Waals surface area contributed by atoms with Gasteiger partial charge in [-0.1, -0.05) is 73.7 Å². The summed E-state index contributed by atoms with van der Waals surface area (Å²) in [6, 6.07) is 16.7. The van der Waals surface area contributed by atoms with Crippen molar-refractivity contribution in [2.24, 2.45) is 11.8 Å². The van der Waals surface area contributed by atoms with Crippen molar-refractivity contribution in [3.63, 3.8) is 0 Å². The zero-order valence-corrected chi connectivity index (χ0v) is 19.9. The second kappa shape index (κ2) is 11.3. The lowest BCUT2D eigenvalue weighted by molar-refractivity contribution is -0.141. The number of carboxylic acid groups (broad SMARTS) is 1. The highest BCUT2D eigenvalue weighted by atomic mass is 19.1. The van der Waals surface area contributed by atoms with Crippen molar-refractivity contribution < 1.29 is 28.9 Å². The fourth-order valence-corrected chi connectivity index (χ4v) is 5.59. The number of fused-ring (bicyclic) bond motifs is 2. The van der Waals surface area contributed by atoms with Gasteiger partial charge in [0.15, 0.2) is 0 Å². The van der Waals surface area contributed by atoms with Crippen molar-refractivity contribution in [3.8, 4) is 0 Å². The Balaban J connectivity index is 1.53. The van der Waals surface area contributed by atoms with E-state index >= 15 is 0 Å². The van der Waals surface area contributed by atoms with Gasteiger partial charge in [-0.05, 0) is 42.0 Å². The Labute approximate surface area is 205 Å². The molecule has 2 aromatic carbocycles. The molecule has 6 heteroatoms. The first kappa shape index (κ1) is 25.3. The van der Waals surface area contributed by atoms with Crippen molar-refractivity contribution in [2.45, 2.75) is 43.3 Å². The Morgan fingerprint density at radius 2 is 1.94 bits per heavy atom. The number of hydrogen-bond donors (Lipinski definition) is 2. The minimum atomic E-state index is -0.993. The molecule has 1 heterocycles. The van der Waals surface area contributed by atoms with Crippen molar-refractivity contribution in [3.05, 3.63) is 95.8 Å². The van der Waals surface area contributed by atoms with Crippen LogP contribution in [-0.2, 0) is 19.7 Å². The summed E-state index contributed by atoms with van der Waals surface area (Å²) in [4.78, 5) is 10.6. The Morgan fingerprint density at radius 1 is 1.20 bits per heavy atom. The zero-order chi connectivity index (χ0) is 24.8. The van der Waals surface area contributed by atoms with Crippen LogP contribution in [0.2, 0.25) is 0 Å². The summed E-state index contributed by atoms with van der Waals surface area (Å²) in [7, 11) is 0. The molecule has 4 rings (SSSR count). The van der Waals surface area contributed by atoms with Gasteiger partial charge in [0, 0.05) is 17.3 Å². The molecule has 2 fully saturated rings. The van der Waals surface area contributed by atoms with Crippen molar-refractivity contribution >= 4 is 5.97 Å². The maximum atomic E-state index is 13.7. The van der Waals surface area contributed by atoms with E-state index in [1.807, 2.05) is 67.6 Å². The molecule has 2 aromatic rings. The molecule has 5 nitrogen and oxygen atoms in total. The molecule has 1 saturated heterocycles. The van der Waals surface area contributed by atoms with E-state index in [4.69, 9.17) is 14.6 Å². The van der Waals surface area contributed by atoms with Gasteiger partial charge in [-0.3, -0.25) is 0 Å². The zero-order valence-electron chi connectivity index (χ0n) is 19.9. The monoisotopic (exact) mass is 480 g/mol. The molecule has 6 atom stereocenters. The van der Waals surface area contributed by atoms with Crippen LogP contribution in [0, 0.1) is 17.7 Å². The molecule has 1 saturated carbocycles. The first-order chi connectivity index (χ1) is 16.9. The van der Waals surface area contributed by atoms with Gasteiger partial charge in [-0.25, -0.2) is 9.18 Å². The van der Waals surface area contributed by atoms with Gasteiger partial charge in [-0.2, -0.15) is 0 Å². The molecule has 1 unspecified atom stereocenters. The molecule has 1 aliphatic heterocycles. The highest BCUT2D eigenvalue weighted by molar-refractivity contribution is 5.68. The maximum absolute atomic E-state index is 13.7. The molecule has 2 aliphatic rings. The summed E-state index contributed by atoms with van der Waals surface area (Å²) in [5.74, 6) is -1.01. The molecule has 0 spiro atoms. The van der Waals surface area contributed by atoms with Gasteiger partial charge in [0.1, 0.15) is 12.4 Å². The molecule has 1 aliphatic carbocycles. The number of allylic oxidation sites excluding steroid dienone is 1. The lowest BCUT2D eigenvalue weighted by atomic mass is 9.69. The lowest BCUT2D eigenvalue weighted by Gasteiger charge is -2.38. The average molecular weight is 481 g/mol. The largest absolute Gasteiger partial charge is 0.480 e. The number of hydrogen-bond acceptors (Lipinski definition) is 4. The fraction of sp³-hybridized carbons (Fsp3) is 0.414. The summed E-state index contributed by atoms with van der Waals surface area (Å²) < 4.78 is 25.0. The summed E-state index contributed by atoms with van der Waals surface area (Å²) in [6.45, 7) is 2.49. The van der Waals surface area contributed by atoms with E-state index in [1.165, 1.54) is 12.1 Å². The summed E-state index contributed by atoms with van der Waals surface area (Å²) >= 11 is 0. The SMILES string of the molecule is CC(c1ccccc1)[C@H](O)/C=C/[C@@H]1[C@@H]2C[C@@](c3ccc(F)cc3)(CO2)[C@H]1C/C=C\COCC(=O)O. The minimum absolute atomic E-state index is 0.0252. The smallest absolute Gasteiger partial charge is 0.329 e. The number of benzene rings is 2. The van der Waals surface area contributed by atoms with E-state index in [9.17, 15) is 14.3 Å². The number of carbonyl (C=O) groups is 1. The van der Waals surface area contributed by atoms with Crippen LogP contribution in [0.3, 0.4) is 0 Å². The van der Waals surface area contributed by atoms with Crippen LogP contribution in [0.25, 0.3) is 0 Å². The van der Waals surface area contributed by atoms with Gasteiger partial charge < -0.3 is 19.7 Å². The topological polar surface area (TPSA) is 76.0 Å². The fourth-order valence-electron chi connectivity index (χ4n) is 5.59. The summed E-state index contributed by atoms with van der Waals surface area (Å²) in [5.41, 5.74) is 1.91. The summed E-state index contributed by atoms with van der Waals surface area (Å²) in [5, 5.41) is 19.6. The van der Waals surface area contributed by atoms with Gasteiger partial charge >= 0.3 is 5.97 Å². The quantitative estimate of drug-likeness (QED) is 0.355. The predicted molar refractivity (Wildman–Crippen MR) is 132 cm³/mol. The van der Waals surface area contributed by atoms with E-state index in [0.717, 1.165) is 24.0 Å². The molecule has 0 radical (unpaired) electrons. The maximum Gasteiger partial charge on any atom is 0.329 e. The number of ether oxygens (including phenoxy) is 2. The third-order valence-corrected chi connectivity index (χ3v) is 7.51. The van der Waals surface area contributed by atoms with Gasteiger partial charge in [0.2, 0.25) is 0 Å². The molecule has 35 heavy (non-hydrogen) atoms. The highest BCUT2D eigenvalue weighted by Crippen LogP contribution is 2.57. The van der Waals surface area contributed by atoms with Crippen LogP contribution in [0.4, 0.5) is 4.39 Å². The third-order valence-electron chi connectivity index (χ3n) is 7.51. The third kappa shape index (κ3) is 5.72.